The van der Waals surface area contributed by atoms with E-state index in [4.69, 9.17) is 0 Å². The summed E-state index contributed by atoms with van der Waals surface area (Å²) in [5, 5.41) is 1.53. The summed E-state index contributed by atoms with van der Waals surface area (Å²) >= 11 is 0. The van der Waals surface area contributed by atoms with E-state index in [2.05, 4.69) is 27.7 Å². The van der Waals surface area contributed by atoms with Gasteiger partial charge in [0.05, 0.1) is 0 Å². The van der Waals surface area contributed by atoms with Crippen LogP contribution in [0.5, 0.6) is 0 Å². The molecule has 0 N–H and O–H groups in total. The minimum Gasteiger partial charge on any atom is -1.00 e. The second-order valence-electron chi connectivity index (χ2n) is 2.29. The summed E-state index contributed by atoms with van der Waals surface area (Å²) in [5.41, 5.74) is 0. The molecular formula is C6H15NaS2. The third-order valence-electron chi connectivity index (χ3n) is 0.440. The molecule has 0 bridgehead atoms. The average molecular weight is 174 g/mol. The first-order valence-electron chi connectivity index (χ1n) is 2.95. The van der Waals surface area contributed by atoms with Gasteiger partial charge >= 0.3 is 29.6 Å². The van der Waals surface area contributed by atoms with Crippen molar-refractivity contribution in [3.05, 3.63) is 0 Å². The van der Waals surface area contributed by atoms with Gasteiger partial charge in [0.15, 0.2) is 0 Å². The van der Waals surface area contributed by atoms with Crippen LogP contribution in [0, 0.1) is 0 Å². The molecule has 3 heteroatoms. The van der Waals surface area contributed by atoms with Gasteiger partial charge in [-0.1, -0.05) is 49.3 Å². The van der Waals surface area contributed by atoms with Crippen LogP contribution in [0.15, 0.2) is 0 Å². The first-order chi connectivity index (χ1) is 3.63. The fourth-order valence-corrected chi connectivity index (χ4v) is 2.00. The van der Waals surface area contributed by atoms with E-state index in [1.54, 1.807) is 0 Å². The van der Waals surface area contributed by atoms with Crippen LogP contribution >= 0.6 is 21.6 Å². The molecule has 0 aromatic rings. The Morgan fingerprint density at radius 3 is 1.22 bits per heavy atom. The quantitative estimate of drug-likeness (QED) is 0.446. The molecule has 0 fully saturated rings. The molecular weight excluding hydrogens is 159 g/mol. The van der Waals surface area contributed by atoms with E-state index in [9.17, 15) is 0 Å². The van der Waals surface area contributed by atoms with Gasteiger partial charge in [0, 0.05) is 10.5 Å². The summed E-state index contributed by atoms with van der Waals surface area (Å²) in [5.74, 6) is 0. The topological polar surface area (TPSA) is 0 Å². The van der Waals surface area contributed by atoms with Gasteiger partial charge in [-0.3, -0.25) is 0 Å². The molecule has 0 nitrogen and oxygen atoms in total. The Hall–Kier alpha value is 1.70. The Bertz CT molecular complexity index is 51.7. The molecule has 0 rings (SSSR count). The van der Waals surface area contributed by atoms with Crippen LogP contribution in [0.1, 0.15) is 29.1 Å². The molecule has 0 aliphatic carbocycles. The first kappa shape index (κ1) is 13.3. The van der Waals surface area contributed by atoms with Crippen LogP contribution in [-0.4, -0.2) is 10.5 Å². The van der Waals surface area contributed by atoms with Crippen LogP contribution in [-0.2, 0) is 0 Å². The Balaban J connectivity index is -0.000000245. The molecule has 0 aromatic heterocycles. The van der Waals surface area contributed by atoms with Crippen molar-refractivity contribution in [1.29, 1.82) is 0 Å². The van der Waals surface area contributed by atoms with Crippen molar-refractivity contribution in [3.63, 3.8) is 0 Å². The van der Waals surface area contributed by atoms with Gasteiger partial charge in [0.2, 0.25) is 0 Å². The van der Waals surface area contributed by atoms with Gasteiger partial charge < -0.3 is 1.43 Å². The number of rotatable bonds is 3. The molecule has 0 spiro atoms. The van der Waals surface area contributed by atoms with Crippen LogP contribution in [0.2, 0.25) is 0 Å². The Morgan fingerprint density at radius 1 is 0.889 bits per heavy atom. The van der Waals surface area contributed by atoms with E-state index in [-0.39, 0.29) is 31.0 Å². The molecule has 9 heavy (non-hydrogen) atoms. The first-order valence-corrected chi connectivity index (χ1v) is 5.22. The van der Waals surface area contributed by atoms with Crippen LogP contribution < -0.4 is 29.6 Å². The molecule has 0 saturated heterocycles. The predicted molar refractivity (Wildman–Crippen MR) is 46.6 cm³/mol. The van der Waals surface area contributed by atoms with Crippen LogP contribution in [0.3, 0.4) is 0 Å². The molecule has 0 aliphatic heterocycles. The Kier molecular flexibility index (Phi) is 11.5. The van der Waals surface area contributed by atoms with Crippen LogP contribution in [0.4, 0.5) is 0 Å². The van der Waals surface area contributed by atoms with Crippen molar-refractivity contribution in [3.8, 4) is 0 Å². The van der Waals surface area contributed by atoms with E-state index in [1.165, 1.54) is 0 Å². The molecule has 0 saturated carbocycles. The molecule has 0 heterocycles. The third-order valence-corrected chi connectivity index (χ3v) is 3.96. The van der Waals surface area contributed by atoms with Gasteiger partial charge in [0.1, 0.15) is 0 Å². The van der Waals surface area contributed by atoms with E-state index in [0.717, 1.165) is 10.5 Å². The van der Waals surface area contributed by atoms with Crippen molar-refractivity contribution in [2.75, 3.05) is 0 Å². The molecule has 0 amide bonds. The van der Waals surface area contributed by atoms with E-state index in [0.29, 0.717) is 0 Å². The second-order valence-corrected chi connectivity index (χ2v) is 5.72. The zero-order valence-electron chi connectivity index (χ0n) is 7.97. The maximum absolute atomic E-state index is 2.22. The molecule has 52 valence electrons. The van der Waals surface area contributed by atoms with E-state index >= 15 is 0 Å². The van der Waals surface area contributed by atoms with Crippen molar-refractivity contribution in [1.82, 2.24) is 0 Å². The van der Waals surface area contributed by atoms with Crippen molar-refractivity contribution in [2.45, 2.75) is 38.2 Å². The summed E-state index contributed by atoms with van der Waals surface area (Å²) in [6, 6.07) is 0. The molecule has 0 radical (unpaired) electrons. The van der Waals surface area contributed by atoms with Gasteiger partial charge in [-0.25, -0.2) is 0 Å². The maximum Gasteiger partial charge on any atom is 1.00 e. The predicted octanol–water partition coefficient (Wildman–Crippen LogP) is 0.301. The van der Waals surface area contributed by atoms with Crippen molar-refractivity contribution < 1.29 is 31.0 Å². The maximum atomic E-state index is 2.22. The summed E-state index contributed by atoms with van der Waals surface area (Å²) in [6.45, 7) is 8.89. The minimum atomic E-state index is 0. The SMILES string of the molecule is CC(C)SSC(C)C.[H-].[Na+]. The summed E-state index contributed by atoms with van der Waals surface area (Å²) < 4.78 is 0. The van der Waals surface area contributed by atoms with Crippen molar-refractivity contribution >= 4 is 21.6 Å². The molecule has 0 unspecified atom stereocenters. The van der Waals surface area contributed by atoms with Gasteiger partial charge in [0.25, 0.3) is 0 Å². The van der Waals surface area contributed by atoms with E-state index < -0.39 is 0 Å². The van der Waals surface area contributed by atoms with Gasteiger partial charge in [-0.15, -0.1) is 0 Å². The number of hydrogen-bond acceptors (Lipinski definition) is 2. The average Bonchev–Trinajstić information content (AvgIpc) is 1.61. The zero-order valence-corrected chi connectivity index (χ0v) is 10.6. The van der Waals surface area contributed by atoms with Gasteiger partial charge in [-0.2, -0.15) is 0 Å². The van der Waals surface area contributed by atoms with E-state index in [1.807, 2.05) is 21.6 Å². The monoisotopic (exact) mass is 174 g/mol. The Labute approximate surface area is 90.1 Å². The van der Waals surface area contributed by atoms with Crippen molar-refractivity contribution in [2.24, 2.45) is 0 Å². The molecule has 0 aromatic carbocycles. The van der Waals surface area contributed by atoms with Crippen LogP contribution in [0.25, 0.3) is 0 Å². The molecule has 0 atom stereocenters. The summed E-state index contributed by atoms with van der Waals surface area (Å²) in [7, 11) is 3.91. The smallest absolute Gasteiger partial charge is 1.00 e. The minimum absolute atomic E-state index is 0. The number of hydrogen-bond donors (Lipinski definition) is 0. The summed E-state index contributed by atoms with van der Waals surface area (Å²) in [6.07, 6.45) is 0. The van der Waals surface area contributed by atoms with Gasteiger partial charge in [-0.05, 0) is 0 Å². The summed E-state index contributed by atoms with van der Waals surface area (Å²) in [4.78, 5) is 0. The normalized spacial score (nSPS) is 10.0. The fourth-order valence-electron chi connectivity index (χ4n) is 0.222. The standard InChI is InChI=1S/C6H14S2.Na.H/c1-5(2)7-8-6(3)4;;/h5-6H,1-4H3;;/q;+1;-1. The Morgan fingerprint density at radius 2 is 1.11 bits per heavy atom. The zero-order chi connectivity index (χ0) is 6.57. The third kappa shape index (κ3) is 12.8. The molecule has 0 aliphatic rings. The largest absolute Gasteiger partial charge is 1.00 e. The fraction of sp³-hybridized carbons (Fsp3) is 1.00. The second kappa shape index (κ2) is 7.80.